The first kappa shape index (κ1) is 20.4. The largest absolute Gasteiger partial charge is 0.355 e. The van der Waals surface area contributed by atoms with Crippen LogP contribution in [-0.2, 0) is 0 Å². The Kier molecular flexibility index (Phi) is 4.35. The number of hydrogen-bond acceptors (Lipinski definition) is 2. The van der Waals surface area contributed by atoms with Crippen LogP contribution < -0.4 is 0 Å². The van der Waals surface area contributed by atoms with Crippen LogP contribution >= 0.6 is 0 Å². The van der Waals surface area contributed by atoms with Gasteiger partial charge in [0.15, 0.2) is 0 Å². The normalized spacial score (nSPS) is 17.5. The molecule has 8 rings (SSSR count). The zero-order valence-electron chi connectivity index (χ0n) is 20.1. The molecule has 174 valence electrons. The number of aromatic amines is 1. The standard InChI is InChI=1S/C34H23N3/c1-2-10-27-25(8-1)29-19-23(12-14-28(29)34-33(27)35-16-17-36-34)21-6-5-7-22(18-21)24-13-15-32-30(20-24)26-9-3-4-11-31(26)37-32/h1-20,33-34,37H. The molecule has 0 radical (unpaired) electrons. The van der Waals surface area contributed by atoms with Gasteiger partial charge in [-0.05, 0) is 74.8 Å². The summed E-state index contributed by atoms with van der Waals surface area (Å²) in [6, 6.07) is 39.6. The first-order valence-electron chi connectivity index (χ1n) is 12.7. The number of para-hydroxylation sites is 1. The van der Waals surface area contributed by atoms with E-state index in [1.807, 2.05) is 12.4 Å². The van der Waals surface area contributed by atoms with E-state index < -0.39 is 0 Å². The predicted molar refractivity (Wildman–Crippen MR) is 155 cm³/mol. The van der Waals surface area contributed by atoms with Gasteiger partial charge in [0, 0.05) is 34.2 Å². The molecule has 2 unspecified atom stereocenters. The van der Waals surface area contributed by atoms with Crippen molar-refractivity contribution in [2.75, 3.05) is 0 Å². The highest BCUT2D eigenvalue weighted by atomic mass is 14.9. The topological polar surface area (TPSA) is 40.5 Å². The van der Waals surface area contributed by atoms with Gasteiger partial charge in [-0.2, -0.15) is 0 Å². The Morgan fingerprint density at radius 2 is 1.11 bits per heavy atom. The first-order valence-corrected chi connectivity index (χ1v) is 12.7. The molecule has 0 amide bonds. The Labute approximate surface area is 214 Å². The second-order valence-corrected chi connectivity index (χ2v) is 9.89. The Bertz CT molecular complexity index is 1910. The fraction of sp³-hybridized carbons (Fsp3) is 0.0588. The lowest BCUT2D eigenvalue weighted by molar-refractivity contribution is 0.572. The Hall–Kier alpha value is -4.76. The van der Waals surface area contributed by atoms with Crippen LogP contribution in [0.2, 0.25) is 0 Å². The zero-order chi connectivity index (χ0) is 24.3. The number of aromatic nitrogens is 1. The van der Waals surface area contributed by atoms with Crippen molar-refractivity contribution < 1.29 is 0 Å². The van der Waals surface area contributed by atoms with Gasteiger partial charge in [-0.3, -0.25) is 9.98 Å². The second-order valence-electron chi connectivity index (χ2n) is 9.89. The van der Waals surface area contributed by atoms with Gasteiger partial charge in [0.2, 0.25) is 0 Å². The summed E-state index contributed by atoms with van der Waals surface area (Å²) in [5.74, 6) is 0. The van der Waals surface area contributed by atoms with Crippen molar-refractivity contribution in [1.82, 2.24) is 4.98 Å². The summed E-state index contributed by atoms with van der Waals surface area (Å²) in [6.45, 7) is 0. The highest BCUT2D eigenvalue weighted by Crippen LogP contribution is 2.49. The number of H-pyrrole nitrogens is 1. The number of hydrogen-bond donors (Lipinski definition) is 1. The molecule has 0 spiro atoms. The van der Waals surface area contributed by atoms with E-state index in [4.69, 9.17) is 9.98 Å². The summed E-state index contributed by atoms with van der Waals surface area (Å²) < 4.78 is 0. The SMILES string of the molecule is C1=NC2c3ccccc3-c3cc(-c4cccc(-c5ccc6[nH]c7ccccc7c6c5)c4)ccc3C2N=C1. The van der Waals surface area contributed by atoms with E-state index in [0.29, 0.717) is 0 Å². The van der Waals surface area contributed by atoms with Gasteiger partial charge in [-0.15, -0.1) is 0 Å². The van der Waals surface area contributed by atoms with Crippen LogP contribution in [0.5, 0.6) is 0 Å². The molecule has 3 nitrogen and oxygen atoms in total. The zero-order valence-corrected chi connectivity index (χ0v) is 20.1. The van der Waals surface area contributed by atoms with Crippen LogP contribution in [0.4, 0.5) is 0 Å². The summed E-state index contributed by atoms with van der Waals surface area (Å²) in [5, 5.41) is 2.52. The molecule has 1 aliphatic heterocycles. The number of benzene rings is 5. The van der Waals surface area contributed by atoms with Gasteiger partial charge in [-0.25, -0.2) is 0 Å². The third kappa shape index (κ3) is 3.14. The molecule has 0 saturated heterocycles. The van der Waals surface area contributed by atoms with Crippen molar-refractivity contribution >= 4 is 34.2 Å². The number of fused-ring (bicyclic) bond motifs is 9. The first-order chi connectivity index (χ1) is 18.3. The second kappa shape index (κ2) is 7.87. The molecular formula is C34H23N3. The van der Waals surface area contributed by atoms with Crippen LogP contribution in [0.25, 0.3) is 55.2 Å². The predicted octanol–water partition coefficient (Wildman–Crippen LogP) is 8.57. The van der Waals surface area contributed by atoms with Gasteiger partial charge in [0.25, 0.3) is 0 Å². The molecule has 0 bridgehead atoms. The molecule has 2 aliphatic rings. The quantitative estimate of drug-likeness (QED) is 0.262. The van der Waals surface area contributed by atoms with Gasteiger partial charge in [0.05, 0.1) is 0 Å². The molecule has 0 fully saturated rings. The van der Waals surface area contributed by atoms with Gasteiger partial charge in [-0.1, -0.05) is 78.9 Å². The summed E-state index contributed by atoms with van der Waals surface area (Å²) in [4.78, 5) is 13.1. The van der Waals surface area contributed by atoms with E-state index in [2.05, 4.69) is 114 Å². The van der Waals surface area contributed by atoms with E-state index in [9.17, 15) is 0 Å². The molecule has 3 heteroatoms. The minimum atomic E-state index is 0.0400. The van der Waals surface area contributed by atoms with Crippen molar-refractivity contribution in [2.45, 2.75) is 12.1 Å². The third-order valence-electron chi connectivity index (χ3n) is 7.84. The molecule has 2 atom stereocenters. The van der Waals surface area contributed by atoms with Crippen molar-refractivity contribution in [3.63, 3.8) is 0 Å². The summed E-state index contributed by atoms with van der Waals surface area (Å²) >= 11 is 0. The summed E-state index contributed by atoms with van der Waals surface area (Å²) in [5.41, 5.74) is 12.2. The molecule has 1 N–H and O–H groups in total. The molecule has 6 aromatic rings. The minimum Gasteiger partial charge on any atom is -0.355 e. The Balaban J connectivity index is 1.24. The molecule has 1 aromatic heterocycles. The number of nitrogens with one attached hydrogen (secondary N) is 1. The number of rotatable bonds is 2. The van der Waals surface area contributed by atoms with Gasteiger partial charge in [0.1, 0.15) is 12.1 Å². The maximum Gasteiger partial charge on any atom is 0.102 e. The fourth-order valence-electron chi connectivity index (χ4n) is 6.06. The van der Waals surface area contributed by atoms with E-state index in [-0.39, 0.29) is 12.1 Å². The van der Waals surface area contributed by atoms with E-state index in [0.717, 1.165) is 0 Å². The average molecular weight is 474 g/mol. The van der Waals surface area contributed by atoms with Gasteiger partial charge >= 0.3 is 0 Å². The van der Waals surface area contributed by atoms with E-state index in [1.54, 1.807) is 0 Å². The Morgan fingerprint density at radius 1 is 0.459 bits per heavy atom. The van der Waals surface area contributed by atoms with Crippen molar-refractivity contribution in [3.05, 3.63) is 120 Å². The smallest absolute Gasteiger partial charge is 0.102 e. The fourth-order valence-corrected chi connectivity index (χ4v) is 6.06. The van der Waals surface area contributed by atoms with E-state index in [1.165, 1.54) is 66.3 Å². The third-order valence-corrected chi connectivity index (χ3v) is 7.84. The molecule has 5 aromatic carbocycles. The summed E-state index contributed by atoms with van der Waals surface area (Å²) in [6.07, 6.45) is 3.66. The van der Waals surface area contributed by atoms with E-state index >= 15 is 0 Å². The molecular weight excluding hydrogens is 450 g/mol. The van der Waals surface area contributed by atoms with Crippen LogP contribution in [0.3, 0.4) is 0 Å². The lowest BCUT2D eigenvalue weighted by Gasteiger charge is -2.32. The molecule has 0 saturated carbocycles. The van der Waals surface area contributed by atoms with Gasteiger partial charge < -0.3 is 4.98 Å². The number of aliphatic imine (C=N–C) groups is 2. The lowest BCUT2D eigenvalue weighted by atomic mass is 9.78. The van der Waals surface area contributed by atoms with Crippen molar-refractivity contribution in [2.24, 2.45) is 9.98 Å². The highest BCUT2D eigenvalue weighted by Gasteiger charge is 2.33. The van der Waals surface area contributed by atoms with Crippen LogP contribution in [0, 0.1) is 0 Å². The van der Waals surface area contributed by atoms with Crippen molar-refractivity contribution in [1.29, 1.82) is 0 Å². The molecule has 1 aliphatic carbocycles. The molecule has 37 heavy (non-hydrogen) atoms. The number of nitrogens with zero attached hydrogens (tertiary/aromatic N) is 2. The minimum absolute atomic E-state index is 0.0400. The maximum absolute atomic E-state index is 4.81. The highest BCUT2D eigenvalue weighted by molar-refractivity contribution is 6.16. The maximum atomic E-state index is 4.81. The average Bonchev–Trinajstić information content (AvgIpc) is 3.35. The summed E-state index contributed by atoms with van der Waals surface area (Å²) in [7, 11) is 0. The lowest BCUT2D eigenvalue weighted by Crippen LogP contribution is -2.18. The molecule has 2 heterocycles. The van der Waals surface area contributed by atoms with Crippen LogP contribution in [-0.4, -0.2) is 17.4 Å². The Morgan fingerprint density at radius 3 is 1.97 bits per heavy atom. The van der Waals surface area contributed by atoms with Crippen LogP contribution in [0.15, 0.2) is 119 Å². The van der Waals surface area contributed by atoms with Crippen LogP contribution in [0.1, 0.15) is 23.2 Å². The monoisotopic (exact) mass is 473 g/mol. The van der Waals surface area contributed by atoms with Crippen molar-refractivity contribution in [3.8, 4) is 33.4 Å².